The normalized spacial score (nSPS) is 18.9. The summed E-state index contributed by atoms with van der Waals surface area (Å²) in [5.41, 5.74) is 5.69. The van der Waals surface area contributed by atoms with Crippen molar-refractivity contribution in [3.05, 3.63) is 34.6 Å². The van der Waals surface area contributed by atoms with Gasteiger partial charge in [0, 0.05) is 24.2 Å². The lowest BCUT2D eigenvalue weighted by molar-refractivity contribution is 0.0618. The van der Waals surface area contributed by atoms with Crippen LogP contribution in [0.5, 0.6) is 0 Å². The third-order valence-corrected chi connectivity index (χ3v) is 3.55. The highest BCUT2D eigenvalue weighted by atomic mass is 35.5. The molecule has 1 fully saturated rings. The summed E-state index contributed by atoms with van der Waals surface area (Å²) in [7, 11) is 0. The fourth-order valence-corrected chi connectivity index (χ4v) is 2.50. The molecule has 1 aliphatic rings. The summed E-state index contributed by atoms with van der Waals surface area (Å²) in [6.45, 7) is 1.04. The van der Waals surface area contributed by atoms with Crippen LogP contribution in [-0.2, 0) is 0 Å². The third kappa shape index (κ3) is 3.59. The molecule has 1 aliphatic heterocycles. The first kappa shape index (κ1) is 16.2. The van der Waals surface area contributed by atoms with E-state index in [4.69, 9.17) is 17.3 Å². The number of benzene rings is 1. The number of carbonyl (C=O) groups excluding carboxylic acids is 1. The van der Waals surface area contributed by atoms with E-state index in [2.05, 4.69) is 0 Å². The van der Waals surface area contributed by atoms with E-state index >= 15 is 0 Å². The Morgan fingerprint density at radius 3 is 2.89 bits per heavy atom. The number of halogens is 3. The predicted octanol–water partition coefficient (Wildman–Crippen LogP) is 2.85. The number of carbonyl (C=O) groups is 1. The molecule has 106 valence electrons. The zero-order chi connectivity index (χ0) is 13.1. The van der Waals surface area contributed by atoms with Crippen LogP contribution in [0.2, 0.25) is 5.02 Å². The Balaban J connectivity index is 0.00000180. The molecule has 0 aliphatic carbocycles. The van der Waals surface area contributed by atoms with Crippen molar-refractivity contribution in [1.29, 1.82) is 0 Å². The number of hydrogen-bond acceptors (Lipinski definition) is 2. The maximum Gasteiger partial charge on any atom is 0.257 e. The van der Waals surface area contributed by atoms with Crippen molar-refractivity contribution in [2.24, 2.45) is 5.73 Å². The summed E-state index contributed by atoms with van der Waals surface area (Å²) in [5.74, 6) is -0.851. The molecule has 0 radical (unpaired) electrons. The minimum Gasteiger partial charge on any atom is -0.334 e. The van der Waals surface area contributed by atoms with Crippen LogP contribution < -0.4 is 5.73 Å². The maximum atomic E-state index is 13.7. The second-order valence-electron chi connectivity index (χ2n) is 4.51. The van der Waals surface area contributed by atoms with Gasteiger partial charge in [-0.1, -0.05) is 11.6 Å². The van der Waals surface area contributed by atoms with Crippen LogP contribution in [-0.4, -0.2) is 29.9 Å². The van der Waals surface area contributed by atoms with E-state index in [-0.39, 0.29) is 29.9 Å². The van der Waals surface area contributed by atoms with Gasteiger partial charge in [0.1, 0.15) is 5.82 Å². The van der Waals surface area contributed by atoms with Crippen LogP contribution in [0.25, 0.3) is 0 Å². The van der Waals surface area contributed by atoms with Gasteiger partial charge in [-0.05, 0) is 37.5 Å². The van der Waals surface area contributed by atoms with Gasteiger partial charge < -0.3 is 10.6 Å². The highest BCUT2D eigenvalue weighted by Crippen LogP contribution is 2.22. The minimum atomic E-state index is -0.536. The number of likely N-dealkylation sites (tertiary alicyclic amines) is 1. The molecular formula is C13H17Cl2FN2O. The Bertz CT molecular complexity index is 456. The van der Waals surface area contributed by atoms with Gasteiger partial charge >= 0.3 is 0 Å². The molecule has 1 aromatic rings. The summed E-state index contributed by atoms with van der Waals surface area (Å²) in [6, 6.07) is 4.03. The second kappa shape index (κ2) is 7.08. The van der Waals surface area contributed by atoms with Gasteiger partial charge in [0.15, 0.2) is 0 Å². The van der Waals surface area contributed by atoms with Gasteiger partial charge in [0.25, 0.3) is 5.91 Å². The molecular weight excluding hydrogens is 290 g/mol. The van der Waals surface area contributed by atoms with E-state index in [1.165, 1.54) is 18.2 Å². The highest BCUT2D eigenvalue weighted by molar-refractivity contribution is 6.31. The van der Waals surface area contributed by atoms with E-state index in [0.29, 0.717) is 18.1 Å². The summed E-state index contributed by atoms with van der Waals surface area (Å²) in [4.78, 5) is 14.0. The lowest BCUT2D eigenvalue weighted by atomic mass is 10.0. The zero-order valence-electron chi connectivity index (χ0n) is 10.4. The lowest BCUT2D eigenvalue weighted by Gasteiger charge is -2.35. The Morgan fingerprint density at radius 2 is 2.21 bits per heavy atom. The summed E-state index contributed by atoms with van der Waals surface area (Å²) in [5, 5.41) is 0.362. The number of amides is 1. The molecule has 1 amide bonds. The maximum absolute atomic E-state index is 13.7. The fourth-order valence-electron chi connectivity index (χ4n) is 2.33. The minimum absolute atomic E-state index is 0. The molecule has 0 saturated carbocycles. The molecule has 1 unspecified atom stereocenters. The monoisotopic (exact) mass is 306 g/mol. The second-order valence-corrected chi connectivity index (χ2v) is 4.94. The Hall–Kier alpha value is -0.840. The Labute approximate surface area is 123 Å². The third-order valence-electron chi connectivity index (χ3n) is 3.32. The van der Waals surface area contributed by atoms with E-state index in [0.717, 1.165) is 19.3 Å². The molecule has 0 aromatic heterocycles. The van der Waals surface area contributed by atoms with Crippen molar-refractivity contribution >= 4 is 29.9 Å². The molecule has 1 heterocycles. The van der Waals surface area contributed by atoms with Gasteiger partial charge in [-0.2, -0.15) is 0 Å². The molecule has 0 spiro atoms. The van der Waals surface area contributed by atoms with E-state index in [9.17, 15) is 9.18 Å². The standard InChI is InChI=1S/C13H16ClFN2O.ClH/c14-9-4-5-12(15)11(7-9)13(18)17-6-2-1-3-10(17)8-16;/h4-5,7,10H,1-3,6,8,16H2;1H. The van der Waals surface area contributed by atoms with Crippen LogP contribution in [0, 0.1) is 5.82 Å². The van der Waals surface area contributed by atoms with Crippen molar-refractivity contribution in [3.63, 3.8) is 0 Å². The van der Waals surface area contributed by atoms with Crippen LogP contribution in [0.3, 0.4) is 0 Å². The number of nitrogens with two attached hydrogens (primary N) is 1. The first-order valence-electron chi connectivity index (χ1n) is 6.09. The lowest BCUT2D eigenvalue weighted by Crippen LogP contribution is -2.47. The average molecular weight is 307 g/mol. The van der Waals surface area contributed by atoms with Gasteiger partial charge in [0.2, 0.25) is 0 Å². The number of rotatable bonds is 2. The summed E-state index contributed by atoms with van der Waals surface area (Å²) >= 11 is 5.81. The summed E-state index contributed by atoms with van der Waals surface area (Å²) in [6.07, 6.45) is 2.87. The van der Waals surface area contributed by atoms with Crippen molar-refractivity contribution in [1.82, 2.24) is 4.90 Å². The highest BCUT2D eigenvalue weighted by Gasteiger charge is 2.28. The van der Waals surface area contributed by atoms with E-state index in [1.807, 2.05) is 0 Å². The SMILES string of the molecule is Cl.NCC1CCCCN1C(=O)c1cc(Cl)ccc1F. The zero-order valence-corrected chi connectivity index (χ0v) is 12.0. The first-order chi connectivity index (χ1) is 8.63. The van der Waals surface area contributed by atoms with Crippen LogP contribution in [0.4, 0.5) is 4.39 Å². The molecule has 0 bridgehead atoms. The van der Waals surface area contributed by atoms with Gasteiger partial charge in [-0.3, -0.25) is 4.79 Å². The largest absolute Gasteiger partial charge is 0.334 e. The number of nitrogens with zero attached hydrogens (tertiary/aromatic N) is 1. The van der Waals surface area contributed by atoms with E-state index < -0.39 is 5.82 Å². The molecule has 6 heteroatoms. The topological polar surface area (TPSA) is 46.3 Å². The van der Waals surface area contributed by atoms with Crippen LogP contribution in [0.15, 0.2) is 18.2 Å². The Morgan fingerprint density at radius 1 is 1.47 bits per heavy atom. The predicted molar refractivity (Wildman–Crippen MR) is 76.4 cm³/mol. The molecule has 2 N–H and O–H groups in total. The molecule has 2 rings (SSSR count). The molecule has 1 atom stereocenters. The van der Waals surface area contributed by atoms with Crippen molar-refractivity contribution in [3.8, 4) is 0 Å². The molecule has 19 heavy (non-hydrogen) atoms. The number of piperidine rings is 1. The Kier molecular flexibility index (Phi) is 6.04. The molecule has 1 saturated heterocycles. The van der Waals surface area contributed by atoms with Crippen molar-refractivity contribution in [2.75, 3.05) is 13.1 Å². The average Bonchev–Trinajstić information content (AvgIpc) is 2.40. The number of hydrogen-bond donors (Lipinski definition) is 1. The summed E-state index contributed by atoms with van der Waals surface area (Å²) < 4.78 is 13.7. The first-order valence-corrected chi connectivity index (χ1v) is 6.47. The van der Waals surface area contributed by atoms with Gasteiger partial charge in [-0.25, -0.2) is 4.39 Å². The van der Waals surface area contributed by atoms with Gasteiger partial charge in [-0.15, -0.1) is 12.4 Å². The van der Waals surface area contributed by atoms with E-state index in [1.54, 1.807) is 4.90 Å². The van der Waals surface area contributed by atoms with Crippen molar-refractivity contribution in [2.45, 2.75) is 25.3 Å². The fraction of sp³-hybridized carbons (Fsp3) is 0.462. The quantitative estimate of drug-likeness (QED) is 0.913. The van der Waals surface area contributed by atoms with Crippen LogP contribution >= 0.6 is 24.0 Å². The smallest absolute Gasteiger partial charge is 0.257 e. The van der Waals surface area contributed by atoms with Crippen LogP contribution in [0.1, 0.15) is 29.6 Å². The molecule has 1 aromatic carbocycles. The van der Waals surface area contributed by atoms with Crippen molar-refractivity contribution < 1.29 is 9.18 Å². The van der Waals surface area contributed by atoms with Gasteiger partial charge in [0.05, 0.1) is 5.56 Å². The molecule has 3 nitrogen and oxygen atoms in total.